The average molecular weight is 278 g/mol. The Balaban J connectivity index is 1.95. The van der Waals surface area contributed by atoms with Crippen LogP contribution in [0, 0.1) is 6.92 Å². The summed E-state index contributed by atoms with van der Waals surface area (Å²) in [5.41, 5.74) is 15.6. The van der Waals surface area contributed by atoms with Gasteiger partial charge in [-0.1, -0.05) is 23.8 Å². The maximum absolute atomic E-state index is 6.26. The molecule has 0 spiro atoms. The van der Waals surface area contributed by atoms with Crippen molar-refractivity contribution in [1.29, 1.82) is 0 Å². The third-order valence-corrected chi connectivity index (χ3v) is 4.91. The van der Waals surface area contributed by atoms with Crippen LogP contribution in [0.25, 0.3) is 11.1 Å². The molecule has 0 aromatic heterocycles. The first-order valence-corrected chi connectivity index (χ1v) is 8.00. The van der Waals surface area contributed by atoms with E-state index in [4.69, 9.17) is 5.73 Å². The maximum Gasteiger partial charge on any atom is 0.0437 e. The molecule has 2 aromatic rings. The van der Waals surface area contributed by atoms with E-state index in [1.54, 1.807) is 0 Å². The van der Waals surface area contributed by atoms with Crippen molar-refractivity contribution in [2.75, 3.05) is 23.7 Å². The molecule has 0 unspecified atom stereocenters. The van der Waals surface area contributed by atoms with Gasteiger partial charge in [-0.2, -0.15) is 0 Å². The molecule has 0 saturated carbocycles. The maximum atomic E-state index is 6.26. The van der Waals surface area contributed by atoms with Crippen LogP contribution in [0.1, 0.15) is 29.5 Å². The van der Waals surface area contributed by atoms with Crippen molar-refractivity contribution in [2.24, 2.45) is 0 Å². The zero-order chi connectivity index (χ0) is 14.4. The normalized spacial score (nSPS) is 16.7. The van der Waals surface area contributed by atoms with E-state index in [-0.39, 0.29) is 0 Å². The minimum Gasteiger partial charge on any atom is -0.398 e. The molecule has 0 aliphatic carbocycles. The molecule has 2 heterocycles. The molecule has 0 radical (unpaired) electrons. The zero-order valence-corrected chi connectivity index (χ0v) is 12.7. The zero-order valence-electron chi connectivity index (χ0n) is 12.7. The van der Waals surface area contributed by atoms with Crippen LogP contribution in [0.4, 0.5) is 11.4 Å². The van der Waals surface area contributed by atoms with Crippen LogP contribution in [0.5, 0.6) is 0 Å². The number of rotatable bonds is 1. The Labute approximate surface area is 126 Å². The van der Waals surface area contributed by atoms with E-state index in [0.29, 0.717) is 0 Å². The van der Waals surface area contributed by atoms with Gasteiger partial charge < -0.3 is 10.6 Å². The van der Waals surface area contributed by atoms with Crippen LogP contribution in [-0.4, -0.2) is 13.1 Å². The molecule has 21 heavy (non-hydrogen) atoms. The molecule has 2 aliphatic rings. The molecular weight excluding hydrogens is 256 g/mol. The van der Waals surface area contributed by atoms with E-state index in [0.717, 1.165) is 5.69 Å². The second-order valence-corrected chi connectivity index (χ2v) is 6.38. The quantitative estimate of drug-likeness (QED) is 0.800. The summed E-state index contributed by atoms with van der Waals surface area (Å²) in [7, 11) is 0. The minimum atomic E-state index is 0.893. The largest absolute Gasteiger partial charge is 0.398 e. The van der Waals surface area contributed by atoms with Crippen molar-refractivity contribution in [1.82, 2.24) is 0 Å². The molecule has 2 heteroatoms. The molecule has 2 nitrogen and oxygen atoms in total. The van der Waals surface area contributed by atoms with Gasteiger partial charge in [-0.3, -0.25) is 0 Å². The summed E-state index contributed by atoms with van der Waals surface area (Å²) in [5.74, 6) is 0. The minimum absolute atomic E-state index is 0.893. The van der Waals surface area contributed by atoms with Crippen molar-refractivity contribution in [2.45, 2.75) is 32.6 Å². The van der Waals surface area contributed by atoms with Crippen LogP contribution in [0.15, 0.2) is 30.3 Å². The van der Waals surface area contributed by atoms with Gasteiger partial charge in [0.25, 0.3) is 0 Å². The van der Waals surface area contributed by atoms with Gasteiger partial charge in [0.1, 0.15) is 0 Å². The third kappa shape index (κ3) is 2.01. The summed E-state index contributed by atoms with van der Waals surface area (Å²) in [6.45, 7) is 4.57. The molecule has 0 amide bonds. The average Bonchev–Trinajstić information content (AvgIpc) is 2.51. The Morgan fingerprint density at radius 2 is 1.76 bits per heavy atom. The molecule has 2 aromatic carbocycles. The summed E-state index contributed by atoms with van der Waals surface area (Å²) >= 11 is 0. The van der Waals surface area contributed by atoms with Gasteiger partial charge in [-0.25, -0.2) is 0 Å². The predicted molar refractivity (Wildman–Crippen MR) is 89.9 cm³/mol. The number of nitrogen functional groups attached to an aromatic ring is 1. The molecule has 2 aliphatic heterocycles. The lowest BCUT2D eigenvalue weighted by Gasteiger charge is -2.38. The Hall–Kier alpha value is -1.96. The highest BCUT2D eigenvalue weighted by molar-refractivity contribution is 5.84. The third-order valence-electron chi connectivity index (χ3n) is 4.91. The van der Waals surface area contributed by atoms with Gasteiger partial charge in [0.2, 0.25) is 0 Å². The van der Waals surface area contributed by atoms with Crippen molar-refractivity contribution < 1.29 is 0 Å². The molecular formula is C19H22N2. The van der Waals surface area contributed by atoms with Gasteiger partial charge in [0.15, 0.2) is 0 Å². The highest BCUT2D eigenvalue weighted by atomic mass is 15.1. The van der Waals surface area contributed by atoms with E-state index >= 15 is 0 Å². The predicted octanol–water partition coefficient (Wildman–Crippen LogP) is 3.94. The number of anilines is 2. The Kier molecular flexibility index (Phi) is 2.91. The van der Waals surface area contributed by atoms with Crippen LogP contribution >= 0.6 is 0 Å². The summed E-state index contributed by atoms with van der Waals surface area (Å²) in [5, 5.41) is 0. The highest BCUT2D eigenvalue weighted by Gasteiger charge is 2.26. The Morgan fingerprint density at radius 1 is 0.952 bits per heavy atom. The van der Waals surface area contributed by atoms with Crippen molar-refractivity contribution in [3.8, 4) is 11.1 Å². The van der Waals surface area contributed by atoms with E-state index < -0.39 is 0 Å². The van der Waals surface area contributed by atoms with Gasteiger partial charge in [-0.05, 0) is 61.4 Å². The van der Waals surface area contributed by atoms with E-state index in [2.05, 4.69) is 36.1 Å². The fourth-order valence-corrected chi connectivity index (χ4v) is 3.93. The fourth-order valence-electron chi connectivity index (χ4n) is 3.93. The first-order valence-electron chi connectivity index (χ1n) is 8.00. The number of benzene rings is 2. The Bertz CT molecular complexity index is 701. The lowest BCUT2D eigenvalue weighted by Crippen LogP contribution is -2.34. The first-order chi connectivity index (χ1) is 10.2. The summed E-state index contributed by atoms with van der Waals surface area (Å²) in [4.78, 5) is 2.59. The van der Waals surface area contributed by atoms with Crippen LogP contribution in [0.3, 0.4) is 0 Å². The molecule has 0 saturated heterocycles. The van der Waals surface area contributed by atoms with E-state index in [1.807, 2.05) is 6.07 Å². The van der Waals surface area contributed by atoms with Crippen LogP contribution in [0.2, 0.25) is 0 Å². The van der Waals surface area contributed by atoms with Gasteiger partial charge in [0, 0.05) is 30.0 Å². The summed E-state index contributed by atoms with van der Waals surface area (Å²) in [6, 6.07) is 11.0. The molecule has 2 N–H and O–H groups in total. The molecule has 0 bridgehead atoms. The SMILES string of the molecule is Cc1ccc(N)c(-c2ccc3c4c2CCCN4CCC3)c1. The lowest BCUT2D eigenvalue weighted by atomic mass is 9.86. The van der Waals surface area contributed by atoms with E-state index in [9.17, 15) is 0 Å². The Morgan fingerprint density at radius 3 is 2.62 bits per heavy atom. The first kappa shape index (κ1) is 12.8. The van der Waals surface area contributed by atoms with Crippen LogP contribution < -0.4 is 10.6 Å². The smallest absolute Gasteiger partial charge is 0.0437 e. The van der Waals surface area contributed by atoms with E-state index in [1.165, 1.54) is 72.3 Å². The standard InChI is InChI=1S/C19H22N2/c1-13-6-9-18(20)17(12-13)15-8-7-14-4-2-10-21-11-3-5-16(15)19(14)21/h6-9,12H,2-5,10-11,20H2,1H3. The number of hydrogen-bond acceptors (Lipinski definition) is 2. The molecule has 108 valence electrons. The van der Waals surface area contributed by atoms with Crippen molar-refractivity contribution >= 4 is 11.4 Å². The number of nitrogens with zero attached hydrogens (tertiary/aromatic N) is 1. The molecule has 0 atom stereocenters. The van der Waals surface area contributed by atoms with Crippen LogP contribution in [-0.2, 0) is 12.8 Å². The summed E-state index contributed by atoms with van der Waals surface area (Å²) < 4.78 is 0. The molecule has 0 fully saturated rings. The monoisotopic (exact) mass is 278 g/mol. The molecule has 4 rings (SSSR count). The summed E-state index contributed by atoms with van der Waals surface area (Å²) in [6.07, 6.45) is 4.96. The fraction of sp³-hybridized carbons (Fsp3) is 0.368. The number of nitrogens with two attached hydrogens (primary N) is 1. The second-order valence-electron chi connectivity index (χ2n) is 6.38. The van der Waals surface area contributed by atoms with Gasteiger partial charge in [-0.15, -0.1) is 0 Å². The van der Waals surface area contributed by atoms with Crippen molar-refractivity contribution in [3.05, 3.63) is 47.0 Å². The van der Waals surface area contributed by atoms with Gasteiger partial charge >= 0.3 is 0 Å². The topological polar surface area (TPSA) is 29.3 Å². The van der Waals surface area contributed by atoms with Gasteiger partial charge in [0.05, 0.1) is 0 Å². The number of hydrogen-bond donors (Lipinski definition) is 1. The number of aryl methyl sites for hydroxylation is 2. The lowest BCUT2D eigenvalue weighted by molar-refractivity contribution is 0.635. The second kappa shape index (κ2) is 4.80. The van der Waals surface area contributed by atoms with Crippen molar-refractivity contribution in [3.63, 3.8) is 0 Å². The highest BCUT2D eigenvalue weighted by Crippen LogP contribution is 2.42.